The Morgan fingerprint density at radius 3 is 1.78 bits per heavy atom. The Hall–Kier alpha value is 0.310. The standard InChI is InChI=1S/C7H12OS/c8-6-1-3-7(9,5-6)4-2-6/h8-9H,1-5H2. The second kappa shape index (κ2) is 1.48. The van der Waals surface area contributed by atoms with E-state index in [9.17, 15) is 5.11 Å². The Kier molecular flexibility index (Phi) is 0.996. The van der Waals surface area contributed by atoms with E-state index >= 15 is 0 Å². The highest BCUT2D eigenvalue weighted by molar-refractivity contribution is 7.81. The first-order valence-corrected chi connectivity index (χ1v) is 4.02. The fraction of sp³-hybridized carbons (Fsp3) is 1.00. The Morgan fingerprint density at radius 1 is 1.11 bits per heavy atom. The minimum atomic E-state index is -0.304. The first kappa shape index (κ1) is 6.05. The molecule has 0 radical (unpaired) electrons. The van der Waals surface area contributed by atoms with Crippen LogP contribution in [0, 0.1) is 0 Å². The molecule has 9 heavy (non-hydrogen) atoms. The second-order valence-corrected chi connectivity index (χ2v) is 4.57. The van der Waals surface area contributed by atoms with Gasteiger partial charge in [0.15, 0.2) is 0 Å². The Labute approximate surface area is 60.9 Å². The summed E-state index contributed by atoms with van der Waals surface area (Å²) in [5.41, 5.74) is -0.304. The van der Waals surface area contributed by atoms with Crippen molar-refractivity contribution in [1.82, 2.24) is 0 Å². The zero-order chi connectivity index (χ0) is 6.54. The minimum Gasteiger partial charge on any atom is -0.390 e. The molecule has 52 valence electrons. The molecule has 2 aliphatic carbocycles. The van der Waals surface area contributed by atoms with Gasteiger partial charge in [-0.25, -0.2) is 0 Å². The lowest BCUT2D eigenvalue weighted by Gasteiger charge is -2.20. The van der Waals surface area contributed by atoms with Gasteiger partial charge in [0.2, 0.25) is 0 Å². The third-order valence-corrected chi connectivity index (χ3v) is 3.37. The molecule has 2 bridgehead atoms. The Bertz CT molecular complexity index is 120. The Morgan fingerprint density at radius 2 is 1.67 bits per heavy atom. The molecule has 0 aromatic carbocycles. The van der Waals surface area contributed by atoms with Crippen LogP contribution in [0.5, 0.6) is 0 Å². The highest BCUT2D eigenvalue weighted by Crippen LogP contribution is 2.53. The molecular formula is C7H12OS. The molecule has 0 aromatic rings. The van der Waals surface area contributed by atoms with E-state index in [-0.39, 0.29) is 10.3 Å². The van der Waals surface area contributed by atoms with Gasteiger partial charge in [0.25, 0.3) is 0 Å². The lowest BCUT2D eigenvalue weighted by atomic mass is 9.97. The van der Waals surface area contributed by atoms with Crippen LogP contribution in [0.4, 0.5) is 0 Å². The third kappa shape index (κ3) is 0.802. The monoisotopic (exact) mass is 144 g/mol. The summed E-state index contributed by atoms with van der Waals surface area (Å²) in [6.45, 7) is 0. The van der Waals surface area contributed by atoms with Gasteiger partial charge in [-0.2, -0.15) is 12.6 Å². The smallest absolute Gasteiger partial charge is 0.0662 e. The van der Waals surface area contributed by atoms with Crippen LogP contribution in [0.15, 0.2) is 0 Å². The number of fused-ring (bicyclic) bond motifs is 2. The molecule has 0 aromatic heterocycles. The molecule has 0 aliphatic heterocycles. The van der Waals surface area contributed by atoms with Crippen LogP contribution >= 0.6 is 12.6 Å². The number of aliphatic hydroxyl groups is 1. The van der Waals surface area contributed by atoms with Crippen LogP contribution in [0.1, 0.15) is 32.1 Å². The molecule has 2 aliphatic rings. The molecule has 0 heterocycles. The minimum absolute atomic E-state index is 0.217. The maximum absolute atomic E-state index is 9.66. The number of rotatable bonds is 0. The van der Waals surface area contributed by atoms with Crippen molar-refractivity contribution in [2.75, 3.05) is 0 Å². The summed E-state index contributed by atoms with van der Waals surface area (Å²) in [5, 5.41) is 9.66. The molecule has 0 atom stereocenters. The molecule has 2 saturated carbocycles. The van der Waals surface area contributed by atoms with Gasteiger partial charge in [-0.05, 0) is 32.1 Å². The summed E-state index contributed by atoms with van der Waals surface area (Å²) < 4.78 is 0.217. The van der Waals surface area contributed by atoms with Crippen LogP contribution in [0.2, 0.25) is 0 Å². The van der Waals surface area contributed by atoms with Gasteiger partial charge in [-0.1, -0.05) is 0 Å². The van der Waals surface area contributed by atoms with E-state index < -0.39 is 0 Å². The van der Waals surface area contributed by atoms with Gasteiger partial charge in [-0.3, -0.25) is 0 Å². The number of hydrogen-bond acceptors (Lipinski definition) is 2. The van der Waals surface area contributed by atoms with Gasteiger partial charge >= 0.3 is 0 Å². The summed E-state index contributed by atoms with van der Waals surface area (Å²) in [7, 11) is 0. The molecule has 2 fully saturated rings. The highest BCUT2D eigenvalue weighted by Gasteiger charge is 2.51. The molecule has 1 N–H and O–H groups in total. The molecular weight excluding hydrogens is 132 g/mol. The van der Waals surface area contributed by atoms with Gasteiger partial charge in [-0.15, -0.1) is 0 Å². The topological polar surface area (TPSA) is 20.2 Å². The van der Waals surface area contributed by atoms with Gasteiger partial charge in [0.05, 0.1) is 5.60 Å². The van der Waals surface area contributed by atoms with Gasteiger partial charge < -0.3 is 5.11 Å². The first-order valence-electron chi connectivity index (χ1n) is 3.57. The quantitative estimate of drug-likeness (QED) is 0.492. The predicted octanol–water partition coefficient (Wildman–Crippen LogP) is 1.36. The van der Waals surface area contributed by atoms with E-state index in [0.29, 0.717) is 0 Å². The number of hydrogen-bond donors (Lipinski definition) is 2. The normalized spacial score (nSPS) is 56.7. The van der Waals surface area contributed by atoms with Crippen molar-refractivity contribution < 1.29 is 5.11 Å². The van der Waals surface area contributed by atoms with Crippen molar-refractivity contribution in [1.29, 1.82) is 0 Å². The predicted molar refractivity (Wildman–Crippen MR) is 39.8 cm³/mol. The van der Waals surface area contributed by atoms with Gasteiger partial charge in [0, 0.05) is 4.75 Å². The maximum atomic E-state index is 9.66. The molecule has 0 saturated heterocycles. The summed E-state index contributed by atoms with van der Waals surface area (Å²) in [6, 6.07) is 0. The molecule has 1 nitrogen and oxygen atoms in total. The fourth-order valence-corrected chi connectivity index (χ4v) is 2.66. The zero-order valence-corrected chi connectivity index (χ0v) is 6.32. The molecule has 0 unspecified atom stereocenters. The van der Waals surface area contributed by atoms with Crippen molar-refractivity contribution in [2.45, 2.75) is 42.5 Å². The van der Waals surface area contributed by atoms with Crippen LogP contribution in [0.3, 0.4) is 0 Å². The van der Waals surface area contributed by atoms with Crippen molar-refractivity contribution >= 4 is 12.6 Å². The van der Waals surface area contributed by atoms with Gasteiger partial charge in [0.1, 0.15) is 0 Å². The van der Waals surface area contributed by atoms with Crippen molar-refractivity contribution in [3.8, 4) is 0 Å². The van der Waals surface area contributed by atoms with Crippen LogP contribution in [-0.4, -0.2) is 15.5 Å². The van der Waals surface area contributed by atoms with Crippen molar-refractivity contribution in [3.63, 3.8) is 0 Å². The van der Waals surface area contributed by atoms with Crippen LogP contribution < -0.4 is 0 Å². The Balaban J connectivity index is 2.25. The lowest BCUT2D eigenvalue weighted by molar-refractivity contribution is 0.0521. The van der Waals surface area contributed by atoms with E-state index in [4.69, 9.17) is 0 Å². The SMILES string of the molecule is OC12CCC(S)(CC1)C2. The average molecular weight is 144 g/mol. The molecule has 2 heteroatoms. The van der Waals surface area contributed by atoms with E-state index in [0.717, 1.165) is 32.1 Å². The zero-order valence-electron chi connectivity index (χ0n) is 5.43. The number of thiol groups is 1. The second-order valence-electron chi connectivity index (χ2n) is 3.63. The highest BCUT2D eigenvalue weighted by atomic mass is 32.1. The van der Waals surface area contributed by atoms with E-state index in [1.807, 2.05) is 0 Å². The van der Waals surface area contributed by atoms with E-state index in [1.165, 1.54) is 0 Å². The lowest BCUT2D eigenvalue weighted by Crippen LogP contribution is -2.20. The summed E-state index contributed by atoms with van der Waals surface area (Å²) >= 11 is 4.52. The fourth-order valence-electron chi connectivity index (χ4n) is 2.15. The maximum Gasteiger partial charge on any atom is 0.0662 e. The largest absolute Gasteiger partial charge is 0.390 e. The third-order valence-electron chi connectivity index (χ3n) is 2.77. The van der Waals surface area contributed by atoms with E-state index in [1.54, 1.807) is 0 Å². The molecule has 2 rings (SSSR count). The summed E-state index contributed by atoms with van der Waals surface area (Å²) in [4.78, 5) is 0. The van der Waals surface area contributed by atoms with Crippen molar-refractivity contribution in [3.05, 3.63) is 0 Å². The average Bonchev–Trinajstić information content (AvgIpc) is 2.19. The summed E-state index contributed by atoms with van der Waals surface area (Å²) in [5.74, 6) is 0. The molecule has 0 spiro atoms. The first-order chi connectivity index (χ1) is 4.12. The van der Waals surface area contributed by atoms with E-state index in [2.05, 4.69) is 12.6 Å². The molecule has 0 amide bonds. The summed E-state index contributed by atoms with van der Waals surface area (Å²) in [6.07, 6.45) is 5.13. The van der Waals surface area contributed by atoms with Crippen LogP contribution in [-0.2, 0) is 0 Å². The van der Waals surface area contributed by atoms with Crippen molar-refractivity contribution in [2.24, 2.45) is 0 Å². The van der Waals surface area contributed by atoms with Crippen LogP contribution in [0.25, 0.3) is 0 Å².